The highest BCUT2D eigenvalue weighted by Crippen LogP contribution is 2.26. The Balaban J connectivity index is 1.57. The summed E-state index contributed by atoms with van der Waals surface area (Å²) in [6.07, 6.45) is 5.60. The van der Waals surface area contributed by atoms with Gasteiger partial charge in [0, 0.05) is 31.7 Å². The first-order valence-electron chi connectivity index (χ1n) is 10.8. The van der Waals surface area contributed by atoms with E-state index in [0.717, 1.165) is 18.4 Å². The van der Waals surface area contributed by atoms with Crippen molar-refractivity contribution in [3.63, 3.8) is 0 Å². The van der Waals surface area contributed by atoms with Crippen molar-refractivity contribution in [3.05, 3.63) is 23.9 Å². The quantitative estimate of drug-likeness (QED) is 0.737. The molecule has 0 spiro atoms. The van der Waals surface area contributed by atoms with Gasteiger partial charge in [0.25, 0.3) is 0 Å². The van der Waals surface area contributed by atoms with Gasteiger partial charge < -0.3 is 10.2 Å². The van der Waals surface area contributed by atoms with Crippen LogP contribution in [0.3, 0.4) is 0 Å². The number of carbonyl (C=O) groups excluding carboxylic acids is 2. The van der Waals surface area contributed by atoms with Gasteiger partial charge in [-0.1, -0.05) is 19.4 Å². The van der Waals surface area contributed by atoms with Gasteiger partial charge in [0.05, 0.1) is 5.75 Å². The second-order valence-corrected chi connectivity index (χ2v) is 10.3. The minimum absolute atomic E-state index is 0.0755. The molecule has 0 saturated carbocycles. The molecule has 0 aliphatic carbocycles. The van der Waals surface area contributed by atoms with E-state index in [1.54, 1.807) is 17.2 Å². The molecule has 2 saturated heterocycles. The molecule has 3 heterocycles. The van der Waals surface area contributed by atoms with Crippen molar-refractivity contribution in [2.45, 2.75) is 58.4 Å². The highest BCUT2D eigenvalue weighted by Gasteiger charge is 2.39. The van der Waals surface area contributed by atoms with Crippen LogP contribution < -0.4 is 5.32 Å². The third-order valence-corrected chi connectivity index (χ3v) is 7.97. The second-order valence-electron chi connectivity index (χ2n) is 8.25. The lowest BCUT2D eigenvalue weighted by molar-refractivity contribution is -0.139. The molecule has 0 bridgehead atoms. The van der Waals surface area contributed by atoms with Crippen LogP contribution in [-0.2, 0) is 19.6 Å². The summed E-state index contributed by atoms with van der Waals surface area (Å²) in [6, 6.07) is 3.07. The summed E-state index contributed by atoms with van der Waals surface area (Å²) in [5.41, 5.74) is 1.03. The van der Waals surface area contributed by atoms with Crippen LogP contribution in [0.2, 0.25) is 0 Å². The summed E-state index contributed by atoms with van der Waals surface area (Å²) >= 11 is 0. The Morgan fingerprint density at radius 3 is 2.50 bits per heavy atom. The van der Waals surface area contributed by atoms with Crippen LogP contribution >= 0.6 is 0 Å². The number of carbonyl (C=O) groups is 2. The summed E-state index contributed by atoms with van der Waals surface area (Å²) in [7, 11) is -3.41. The zero-order chi connectivity index (χ0) is 21.7. The van der Waals surface area contributed by atoms with Crippen molar-refractivity contribution in [1.29, 1.82) is 0 Å². The first-order chi connectivity index (χ1) is 14.3. The number of rotatable bonds is 6. The van der Waals surface area contributed by atoms with Crippen molar-refractivity contribution < 1.29 is 18.0 Å². The van der Waals surface area contributed by atoms with E-state index in [-0.39, 0.29) is 23.5 Å². The predicted molar refractivity (Wildman–Crippen MR) is 115 cm³/mol. The Kier molecular flexibility index (Phi) is 7.46. The number of sulfonamides is 1. The fourth-order valence-corrected chi connectivity index (χ4v) is 5.94. The average molecular weight is 437 g/mol. The van der Waals surface area contributed by atoms with E-state index in [0.29, 0.717) is 51.1 Å². The Morgan fingerprint density at radius 1 is 1.13 bits per heavy atom. The molecule has 8 nitrogen and oxygen atoms in total. The zero-order valence-corrected chi connectivity index (χ0v) is 18.7. The van der Waals surface area contributed by atoms with Crippen LogP contribution in [0.25, 0.3) is 0 Å². The lowest BCUT2D eigenvalue weighted by atomic mass is 9.94. The van der Waals surface area contributed by atoms with Gasteiger partial charge >= 0.3 is 0 Å². The lowest BCUT2D eigenvalue weighted by Crippen LogP contribution is -2.55. The Morgan fingerprint density at radius 2 is 1.87 bits per heavy atom. The summed E-state index contributed by atoms with van der Waals surface area (Å²) in [5.74, 6) is 0.231. The number of amides is 2. The smallest absolute Gasteiger partial charge is 0.241 e. The molecule has 2 aliphatic rings. The minimum Gasteiger partial charge on any atom is -0.341 e. The fourth-order valence-electron chi connectivity index (χ4n) is 4.20. The number of nitrogens with zero attached hydrogens (tertiary/aromatic N) is 3. The summed E-state index contributed by atoms with van der Waals surface area (Å²) in [6.45, 7) is 5.13. The third-order valence-electron chi connectivity index (χ3n) is 5.90. The van der Waals surface area contributed by atoms with Crippen LogP contribution in [0.1, 0.15) is 51.0 Å². The largest absolute Gasteiger partial charge is 0.341 e. The van der Waals surface area contributed by atoms with Crippen molar-refractivity contribution in [2.24, 2.45) is 5.92 Å². The van der Waals surface area contributed by atoms with Crippen molar-refractivity contribution in [2.75, 3.05) is 30.7 Å². The molecule has 1 aromatic rings. The molecule has 2 aliphatic heterocycles. The summed E-state index contributed by atoms with van der Waals surface area (Å²) in [4.78, 5) is 31.6. The van der Waals surface area contributed by atoms with Gasteiger partial charge in [-0.05, 0) is 50.7 Å². The van der Waals surface area contributed by atoms with Crippen molar-refractivity contribution in [1.82, 2.24) is 14.2 Å². The molecule has 1 unspecified atom stereocenters. The Labute approximate surface area is 179 Å². The first-order valence-corrected chi connectivity index (χ1v) is 12.4. The Hall–Kier alpha value is -2.00. The van der Waals surface area contributed by atoms with E-state index in [4.69, 9.17) is 0 Å². The number of aromatic nitrogens is 1. The maximum atomic E-state index is 13.1. The number of likely N-dealkylation sites (tertiary alicyclic amines) is 1. The molecule has 9 heteroatoms. The monoisotopic (exact) mass is 436 g/mol. The minimum atomic E-state index is -3.41. The summed E-state index contributed by atoms with van der Waals surface area (Å²) < 4.78 is 26.7. The number of hydrogen-bond donors (Lipinski definition) is 1. The molecule has 166 valence electrons. The Bertz CT molecular complexity index is 848. The van der Waals surface area contributed by atoms with Gasteiger partial charge in [-0.3, -0.25) is 9.59 Å². The second kappa shape index (κ2) is 9.87. The molecule has 3 rings (SSSR count). The van der Waals surface area contributed by atoms with Crippen LogP contribution in [0.5, 0.6) is 0 Å². The van der Waals surface area contributed by atoms with Crippen LogP contribution in [-0.4, -0.2) is 65.9 Å². The molecular weight excluding hydrogens is 404 g/mol. The lowest BCUT2D eigenvalue weighted by Gasteiger charge is -2.39. The zero-order valence-electron chi connectivity index (χ0n) is 17.8. The van der Waals surface area contributed by atoms with E-state index in [1.165, 1.54) is 4.31 Å². The number of anilines is 1. The SMILES string of the molecule is CCCS(=O)(=O)N1CCCCC1C(=O)N1CCC(C(=O)Nc2ccc(C)cn2)CC1. The molecule has 1 atom stereocenters. The van der Waals surface area contributed by atoms with E-state index >= 15 is 0 Å². The van der Waals surface area contributed by atoms with E-state index < -0.39 is 16.1 Å². The van der Waals surface area contributed by atoms with E-state index in [9.17, 15) is 18.0 Å². The topological polar surface area (TPSA) is 99.7 Å². The molecule has 30 heavy (non-hydrogen) atoms. The molecule has 2 amide bonds. The van der Waals surface area contributed by atoms with Gasteiger partial charge in [0.15, 0.2) is 0 Å². The van der Waals surface area contributed by atoms with Crippen molar-refractivity contribution >= 4 is 27.7 Å². The first kappa shape index (κ1) is 22.7. The highest BCUT2D eigenvalue weighted by atomic mass is 32.2. The third kappa shape index (κ3) is 5.37. The number of piperidine rings is 2. The average Bonchev–Trinajstić information content (AvgIpc) is 2.75. The predicted octanol–water partition coefficient (Wildman–Crippen LogP) is 2.16. The molecule has 0 aromatic carbocycles. The standard InChI is InChI=1S/C21H32N4O4S/c1-3-14-30(28,29)25-11-5-4-6-18(25)21(27)24-12-9-17(10-13-24)20(26)23-19-8-7-16(2)15-22-19/h7-8,15,17-18H,3-6,9-14H2,1-2H3,(H,22,23,26). The molecule has 0 radical (unpaired) electrons. The van der Waals surface area contributed by atoms with Gasteiger partial charge in [0.2, 0.25) is 21.8 Å². The van der Waals surface area contributed by atoms with Crippen LogP contribution in [0.15, 0.2) is 18.3 Å². The van der Waals surface area contributed by atoms with Crippen molar-refractivity contribution in [3.8, 4) is 0 Å². The normalized spacial score (nSPS) is 21.4. The highest BCUT2D eigenvalue weighted by molar-refractivity contribution is 7.89. The summed E-state index contributed by atoms with van der Waals surface area (Å²) in [5, 5.41) is 2.85. The number of hydrogen-bond acceptors (Lipinski definition) is 5. The van der Waals surface area contributed by atoms with Gasteiger partial charge in [-0.15, -0.1) is 0 Å². The number of aryl methyl sites for hydroxylation is 1. The van der Waals surface area contributed by atoms with Gasteiger partial charge in [-0.2, -0.15) is 4.31 Å². The van der Waals surface area contributed by atoms with E-state index in [1.807, 2.05) is 19.9 Å². The van der Waals surface area contributed by atoms with E-state index in [2.05, 4.69) is 10.3 Å². The molecule has 1 aromatic heterocycles. The number of pyridine rings is 1. The molecular formula is C21H32N4O4S. The van der Waals surface area contributed by atoms with Crippen LogP contribution in [0, 0.1) is 12.8 Å². The fraction of sp³-hybridized carbons (Fsp3) is 0.667. The van der Waals surface area contributed by atoms with Gasteiger partial charge in [0.1, 0.15) is 11.9 Å². The van der Waals surface area contributed by atoms with Gasteiger partial charge in [-0.25, -0.2) is 13.4 Å². The number of nitrogens with one attached hydrogen (secondary N) is 1. The maximum Gasteiger partial charge on any atom is 0.241 e. The maximum absolute atomic E-state index is 13.1. The van der Waals surface area contributed by atoms with Crippen LogP contribution in [0.4, 0.5) is 5.82 Å². The molecule has 2 fully saturated rings. The molecule has 1 N–H and O–H groups in total.